The minimum absolute atomic E-state index is 0.136. The van der Waals surface area contributed by atoms with Gasteiger partial charge in [-0.25, -0.2) is 9.59 Å². The van der Waals surface area contributed by atoms with Gasteiger partial charge in [-0.15, -0.1) is 0 Å². The lowest BCUT2D eigenvalue weighted by molar-refractivity contribution is -0.144. The van der Waals surface area contributed by atoms with Crippen molar-refractivity contribution in [1.82, 2.24) is 9.55 Å². The van der Waals surface area contributed by atoms with Gasteiger partial charge in [0.1, 0.15) is 18.9 Å². The summed E-state index contributed by atoms with van der Waals surface area (Å²) in [6.07, 6.45) is 0.150. The zero-order valence-electron chi connectivity index (χ0n) is 13.3. The van der Waals surface area contributed by atoms with Gasteiger partial charge < -0.3 is 9.47 Å². The molecule has 2 heterocycles. The van der Waals surface area contributed by atoms with E-state index >= 15 is 0 Å². The average molecular weight is 335 g/mol. The number of H-pyrrole nitrogens is 1. The Balaban J connectivity index is 2.20. The van der Waals surface area contributed by atoms with Gasteiger partial charge in [0, 0.05) is 28.7 Å². The first-order valence-corrected chi connectivity index (χ1v) is 7.18. The molecule has 0 amide bonds. The number of aromatic amines is 1. The summed E-state index contributed by atoms with van der Waals surface area (Å²) in [4.78, 5) is 39.8. The SMILES string of the molecule is C=C(C)C(=O)OC[C@H]1O[C@@H](n2cc(C)c(=O)[nH]c2=O)C[C@@H]1N=[N+]=[N-]. The first-order valence-electron chi connectivity index (χ1n) is 7.18. The van der Waals surface area contributed by atoms with Crippen molar-refractivity contribution in [2.75, 3.05) is 6.61 Å². The van der Waals surface area contributed by atoms with Gasteiger partial charge >= 0.3 is 11.7 Å². The second kappa shape index (κ2) is 7.16. The Kier molecular flexibility index (Phi) is 5.22. The van der Waals surface area contributed by atoms with E-state index in [-0.39, 0.29) is 18.6 Å². The molecular formula is C14H17N5O5. The number of rotatable bonds is 5. The maximum atomic E-state index is 11.9. The third kappa shape index (κ3) is 3.73. The molecule has 1 N–H and O–H groups in total. The Labute approximate surface area is 136 Å². The lowest BCUT2D eigenvalue weighted by atomic mass is 10.1. The van der Waals surface area contributed by atoms with Gasteiger partial charge in [-0.05, 0) is 19.4 Å². The van der Waals surface area contributed by atoms with Crippen LogP contribution in [0.4, 0.5) is 0 Å². The quantitative estimate of drug-likeness (QED) is 0.280. The van der Waals surface area contributed by atoms with Crippen LogP contribution in [0.5, 0.6) is 0 Å². The number of carbonyl (C=O) groups is 1. The zero-order valence-corrected chi connectivity index (χ0v) is 13.3. The van der Waals surface area contributed by atoms with Gasteiger partial charge in [-0.2, -0.15) is 0 Å². The molecule has 1 saturated heterocycles. The summed E-state index contributed by atoms with van der Waals surface area (Å²) in [7, 11) is 0. The van der Waals surface area contributed by atoms with E-state index in [4.69, 9.17) is 15.0 Å². The molecule has 0 aromatic carbocycles. The highest BCUT2D eigenvalue weighted by atomic mass is 16.6. The molecule has 1 aliphatic heterocycles. The number of hydrogen-bond acceptors (Lipinski definition) is 6. The van der Waals surface area contributed by atoms with E-state index in [1.54, 1.807) is 6.92 Å². The molecule has 1 aromatic heterocycles. The fourth-order valence-electron chi connectivity index (χ4n) is 2.30. The van der Waals surface area contributed by atoms with Crippen molar-refractivity contribution >= 4 is 5.97 Å². The first kappa shape index (κ1) is 17.5. The standard InChI is InChI=1S/C14H17N5O5/c1-7(2)13(21)23-6-10-9(17-18-15)4-11(24-10)19-5-8(3)12(20)16-14(19)22/h5,9-11H,1,4,6H2,2-3H3,(H,16,20,22)/t9-,10+,11+/m0/s1. The molecule has 24 heavy (non-hydrogen) atoms. The van der Waals surface area contributed by atoms with Crippen LogP contribution in [0.25, 0.3) is 10.4 Å². The van der Waals surface area contributed by atoms with Crippen molar-refractivity contribution in [3.63, 3.8) is 0 Å². The molecule has 128 valence electrons. The smallest absolute Gasteiger partial charge is 0.333 e. The lowest BCUT2D eigenvalue weighted by Crippen LogP contribution is -2.33. The van der Waals surface area contributed by atoms with E-state index in [9.17, 15) is 14.4 Å². The number of ether oxygens (including phenoxy) is 2. The number of hydrogen-bond donors (Lipinski definition) is 1. The van der Waals surface area contributed by atoms with Crippen molar-refractivity contribution in [1.29, 1.82) is 0 Å². The van der Waals surface area contributed by atoms with Gasteiger partial charge in [0.15, 0.2) is 0 Å². The van der Waals surface area contributed by atoms with Crippen LogP contribution in [0.15, 0.2) is 33.1 Å². The zero-order chi connectivity index (χ0) is 17.9. The monoisotopic (exact) mass is 335 g/mol. The number of nitrogens with one attached hydrogen (secondary N) is 1. The van der Waals surface area contributed by atoms with Crippen LogP contribution >= 0.6 is 0 Å². The molecule has 1 aliphatic rings. The molecule has 0 spiro atoms. The second-order valence-electron chi connectivity index (χ2n) is 5.49. The second-order valence-corrected chi connectivity index (χ2v) is 5.49. The van der Waals surface area contributed by atoms with Gasteiger partial charge in [0.2, 0.25) is 0 Å². The van der Waals surface area contributed by atoms with E-state index in [1.165, 1.54) is 17.7 Å². The van der Waals surface area contributed by atoms with Crippen molar-refractivity contribution in [3.05, 3.63) is 55.2 Å². The molecule has 0 unspecified atom stereocenters. The van der Waals surface area contributed by atoms with Crippen LogP contribution in [0.1, 0.15) is 25.1 Å². The minimum Gasteiger partial charge on any atom is -0.460 e. The van der Waals surface area contributed by atoms with Crippen LogP contribution in [-0.2, 0) is 14.3 Å². The maximum absolute atomic E-state index is 11.9. The highest BCUT2D eigenvalue weighted by Gasteiger charge is 2.37. The number of aryl methyl sites for hydroxylation is 1. The third-order valence-electron chi connectivity index (χ3n) is 3.59. The van der Waals surface area contributed by atoms with Crippen LogP contribution in [-0.4, -0.2) is 34.3 Å². The third-order valence-corrected chi connectivity index (χ3v) is 3.59. The Morgan fingerprint density at radius 1 is 1.62 bits per heavy atom. The molecule has 0 bridgehead atoms. The van der Waals surface area contributed by atoms with Gasteiger partial charge in [-0.3, -0.25) is 14.3 Å². The number of esters is 1. The average Bonchev–Trinajstić information content (AvgIpc) is 2.91. The Bertz CT molecular complexity index is 820. The molecule has 0 saturated carbocycles. The number of nitrogens with zero attached hydrogens (tertiary/aromatic N) is 4. The van der Waals surface area contributed by atoms with Crippen LogP contribution in [0.2, 0.25) is 0 Å². The van der Waals surface area contributed by atoms with E-state index in [0.29, 0.717) is 5.56 Å². The van der Waals surface area contributed by atoms with E-state index in [1.807, 2.05) is 0 Å². The summed E-state index contributed by atoms with van der Waals surface area (Å²) in [5.74, 6) is -0.584. The number of aromatic nitrogens is 2. The Morgan fingerprint density at radius 2 is 2.33 bits per heavy atom. The van der Waals surface area contributed by atoms with Crippen molar-refractivity contribution in [2.45, 2.75) is 38.6 Å². The molecule has 1 aromatic rings. The summed E-state index contributed by atoms with van der Waals surface area (Å²) >= 11 is 0. The van der Waals surface area contributed by atoms with Crippen molar-refractivity contribution in [2.24, 2.45) is 5.11 Å². The fourth-order valence-corrected chi connectivity index (χ4v) is 2.30. The predicted molar refractivity (Wildman–Crippen MR) is 83.3 cm³/mol. The molecule has 2 rings (SSSR count). The van der Waals surface area contributed by atoms with Gasteiger partial charge in [0.25, 0.3) is 5.56 Å². The topological polar surface area (TPSA) is 139 Å². The number of carbonyl (C=O) groups excluding carboxylic acids is 1. The fraction of sp³-hybridized carbons (Fsp3) is 0.500. The molecule has 1 fully saturated rings. The summed E-state index contributed by atoms with van der Waals surface area (Å²) in [6.45, 7) is 6.40. The molecular weight excluding hydrogens is 318 g/mol. The highest BCUT2D eigenvalue weighted by molar-refractivity contribution is 5.86. The summed E-state index contributed by atoms with van der Waals surface area (Å²) < 4.78 is 11.9. The van der Waals surface area contributed by atoms with Gasteiger partial charge in [0.05, 0.1) is 6.04 Å². The molecule has 10 nitrogen and oxygen atoms in total. The van der Waals surface area contributed by atoms with E-state index < -0.39 is 35.6 Å². The van der Waals surface area contributed by atoms with Crippen molar-refractivity contribution < 1.29 is 14.3 Å². The van der Waals surface area contributed by atoms with E-state index in [2.05, 4.69) is 21.6 Å². The largest absolute Gasteiger partial charge is 0.460 e. The Morgan fingerprint density at radius 3 is 2.96 bits per heavy atom. The van der Waals surface area contributed by atoms with Crippen molar-refractivity contribution in [3.8, 4) is 0 Å². The van der Waals surface area contributed by atoms with Crippen LogP contribution < -0.4 is 11.2 Å². The molecule has 3 atom stereocenters. The van der Waals surface area contributed by atoms with Crippen LogP contribution in [0, 0.1) is 6.92 Å². The van der Waals surface area contributed by atoms with Gasteiger partial charge in [-0.1, -0.05) is 11.7 Å². The summed E-state index contributed by atoms with van der Waals surface area (Å²) in [6, 6.07) is -0.614. The number of azide groups is 1. The predicted octanol–water partition coefficient (Wildman–Crippen LogP) is 0.931. The van der Waals surface area contributed by atoms with E-state index in [0.717, 1.165) is 0 Å². The highest BCUT2D eigenvalue weighted by Crippen LogP contribution is 2.30. The lowest BCUT2D eigenvalue weighted by Gasteiger charge is -2.16. The minimum atomic E-state index is -0.739. The summed E-state index contributed by atoms with van der Waals surface area (Å²) in [5, 5.41) is 3.63. The normalized spacial score (nSPS) is 22.7. The first-order chi connectivity index (χ1) is 11.3. The summed E-state index contributed by atoms with van der Waals surface area (Å²) in [5.41, 5.74) is 8.14. The Hall–Kier alpha value is -2.84. The molecule has 0 radical (unpaired) electrons. The molecule has 10 heteroatoms. The maximum Gasteiger partial charge on any atom is 0.333 e. The molecule has 0 aliphatic carbocycles. The van der Waals surface area contributed by atoms with Crippen LogP contribution in [0.3, 0.4) is 0 Å².